The fraction of sp³-hybridized carbons (Fsp3) is 0.333. The molecular formula is C18H18N2OS2. The molecule has 0 amide bonds. The molecule has 3 nitrogen and oxygen atoms in total. The van der Waals surface area contributed by atoms with E-state index in [0.29, 0.717) is 0 Å². The lowest BCUT2D eigenvalue weighted by atomic mass is 10.2. The van der Waals surface area contributed by atoms with Crippen LogP contribution < -0.4 is 5.56 Å². The van der Waals surface area contributed by atoms with Gasteiger partial charge >= 0.3 is 0 Å². The highest BCUT2D eigenvalue weighted by atomic mass is 32.2. The molecule has 0 unspecified atom stereocenters. The second-order valence-corrected chi connectivity index (χ2v) is 7.90. The highest BCUT2D eigenvalue weighted by molar-refractivity contribution is 7.99. The largest absolute Gasteiger partial charge is 0.268 e. The van der Waals surface area contributed by atoms with Crippen molar-refractivity contribution in [3.8, 4) is 5.69 Å². The van der Waals surface area contributed by atoms with Crippen molar-refractivity contribution < 1.29 is 0 Å². The van der Waals surface area contributed by atoms with Crippen LogP contribution in [0.5, 0.6) is 0 Å². The van der Waals surface area contributed by atoms with Gasteiger partial charge in [0.25, 0.3) is 5.56 Å². The number of thiophene rings is 1. The lowest BCUT2D eigenvalue weighted by Crippen LogP contribution is -2.21. The minimum absolute atomic E-state index is 0.0965. The molecule has 5 heteroatoms. The van der Waals surface area contributed by atoms with Gasteiger partial charge in [-0.3, -0.25) is 9.36 Å². The summed E-state index contributed by atoms with van der Waals surface area (Å²) in [7, 11) is 0. The van der Waals surface area contributed by atoms with Gasteiger partial charge in [-0.05, 0) is 43.4 Å². The van der Waals surface area contributed by atoms with Gasteiger partial charge in [0.2, 0.25) is 0 Å². The first-order chi connectivity index (χ1) is 11.3. The molecule has 0 saturated carbocycles. The molecule has 118 valence electrons. The third-order valence-electron chi connectivity index (χ3n) is 4.16. The van der Waals surface area contributed by atoms with Crippen LogP contribution in [-0.4, -0.2) is 15.3 Å². The average Bonchev–Trinajstić information content (AvgIpc) is 3.14. The van der Waals surface area contributed by atoms with Crippen LogP contribution in [0.3, 0.4) is 0 Å². The first kappa shape index (κ1) is 15.0. The maximum absolute atomic E-state index is 13.3. The van der Waals surface area contributed by atoms with E-state index >= 15 is 0 Å². The number of nitrogens with zero attached hydrogens (tertiary/aromatic N) is 2. The number of hydrogen-bond acceptors (Lipinski definition) is 4. The Bertz CT molecular complexity index is 912. The Morgan fingerprint density at radius 3 is 2.87 bits per heavy atom. The molecule has 0 spiro atoms. The molecule has 2 heterocycles. The van der Waals surface area contributed by atoms with Crippen LogP contribution in [0, 0.1) is 0 Å². The normalized spacial score (nSPS) is 13.6. The van der Waals surface area contributed by atoms with Gasteiger partial charge in [-0.2, -0.15) is 0 Å². The van der Waals surface area contributed by atoms with Gasteiger partial charge < -0.3 is 0 Å². The summed E-state index contributed by atoms with van der Waals surface area (Å²) in [6.07, 6.45) is 4.34. The maximum atomic E-state index is 13.3. The van der Waals surface area contributed by atoms with E-state index < -0.39 is 0 Å². The summed E-state index contributed by atoms with van der Waals surface area (Å²) in [5.41, 5.74) is 2.25. The van der Waals surface area contributed by atoms with E-state index in [-0.39, 0.29) is 5.56 Å². The Morgan fingerprint density at radius 2 is 2.09 bits per heavy atom. The van der Waals surface area contributed by atoms with Gasteiger partial charge in [0, 0.05) is 10.6 Å². The van der Waals surface area contributed by atoms with E-state index in [1.165, 1.54) is 10.4 Å². The monoisotopic (exact) mass is 342 g/mol. The number of rotatable bonds is 4. The van der Waals surface area contributed by atoms with Gasteiger partial charge in [-0.1, -0.05) is 36.9 Å². The first-order valence-corrected chi connectivity index (χ1v) is 9.85. The van der Waals surface area contributed by atoms with Gasteiger partial charge in [0.05, 0.1) is 11.1 Å². The first-order valence-electron chi connectivity index (χ1n) is 8.05. The Labute approximate surface area is 143 Å². The molecule has 1 aliphatic rings. The van der Waals surface area contributed by atoms with Crippen LogP contribution in [0.25, 0.3) is 15.9 Å². The van der Waals surface area contributed by atoms with E-state index in [2.05, 4.69) is 6.92 Å². The zero-order chi connectivity index (χ0) is 15.8. The predicted octanol–water partition coefficient (Wildman–Crippen LogP) is 4.44. The summed E-state index contributed by atoms with van der Waals surface area (Å²) in [6.45, 7) is 2.15. The second-order valence-electron chi connectivity index (χ2n) is 5.76. The third kappa shape index (κ3) is 2.52. The van der Waals surface area contributed by atoms with Crippen molar-refractivity contribution in [2.24, 2.45) is 0 Å². The minimum Gasteiger partial charge on any atom is -0.268 e. The Balaban J connectivity index is 2.01. The lowest BCUT2D eigenvalue weighted by Gasteiger charge is -2.12. The molecule has 4 rings (SSSR count). The number of thioether (sulfide) groups is 1. The Morgan fingerprint density at radius 1 is 1.26 bits per heavy atom. The van der Waals surface area contributed by atoms with Crippen LogP contribution in [0.2, 0.25) is 0 Å². The SMILES string of the molecule is CCCSc1nc2sc3c(c2c(=O)n1-c1ccccc1)CCC3. The number of aromatic nitrogens is 2. The fourth-order valence-corrected chi connectivity index (χ4v) is 5.29. The smallest absolute Gasteiger partial charge is 0.267 e. The topological polar surface area (TPSA) is 34.9 Å². The molecule has 0 fully saturated rings. The predicted molar refractivity (Wildman–Crippen MR) is 98.3 cm³/mol. The molecule has 0 bridgehead atoms. The minimum atomic E-state index is 0.0965. The molecule has 1 aromatic carbocycles. The standard InChI is InChI=1S/C18H18N2OS2/c1-2-11-22-18-19-16-15(13-9-6-10-14(13)23-16)17(21)20(18)12-7-4-3-5-8-12/h3-5,7-8H,2,6,9-11H2,1H3. The molecule has 0 radical (unpaired) electrons. The van der Waals surface area contributed by atoms with E-state index in [0.717, 1.165) is 52.5 Å². The van der Waals surface area contributed by atoms with Crippen LogP contribution in [-0.2, 0) is 12.8 Å². The number of fused-ring (bicyclic) bond motifs is 3. The van der Waals surface area contributed by atoms with Crippen LogP contribution >= 0.6 is 23.1 Å². The van der Waals surface area contributed by atoms with Crippen LogP contribution in [0.15, 0.2) is 40.3 Å². The van der Waals surface area contributed by atoms with Gasteiger partial charge in [-0.15, -0.1) is 11.3 Å². The Hall–Kier alpha value is -1.59. The molecule has 0 N–H and O–H groups in total. The molecule has 3 aromatic rings. The van der Waals surface area contributed by atoms with E-state index in [1.54, 1.807) is 27.7 Å². The summed E-state index contributed by atoms with van der Waals surface area (Å²) in [5.74, 6) is 0.968. The van der Waals surface area contributed by atoms with Crippen LogP contribution in [0.4, 0.5) is 0 Å². The van der Waals surface area contributed by atoms with Crippen molar-refractivity contribution >= 4 is 33.3 Å². The van der Waals surface area contributed by atoms with Crippen molar-refractivity contribution in [1.29, 1.82) is 0 Å². The highest BCUT2D eigenvalue weighted by Gasteiger charge is 2.23. The molecule has 0 atom stereocenters. The Kier molecular flexibility index (Phi) is 3.99. The fourth-order valence-electron chi connectivity index (χ4n) is 3.12. The van der Waals surface area contributed by atoms with Gasteiger partial charge in [0.1, 0.15) is 4.83 Å². The van der Waals surface area contributed by atoms with Gasteiger partial charge in [0.15, 0.2) is 5.16 Å². The van der Waals surface area contributed by atoms with Crippen molar-refractivity contribution in [2.45, 2.75) is 37.8 Å². The second kappa shape index (κ2) is 6.13. The summed E-state index contributed by atoms with van der Waals surface area (Å²) < 4.78 is 1.80. The average molecular weight is 342 g/mol. The number of hydrogen-bond donors (Lipinski definition) is 0. The number of aryl methyl sites for hydroxylation is 2. The van der Waals surface area contributed by atoms with E-state index in [4.69, 9.17) is 4.98 Å². The van der Waals surface area contributed by atoms with E-state index in [1.807, 2.05) is 30.3 Å². The summed E-state index contributed by atoms with van der Waals surface area (Å²) in [6, 6.07) is 9.88. The molecule has 2 aromatic heterocycles. The lowest BCUT2D eigenvalue weighted by molar-refractivity contribution is 0.819. The molecule has 0 aliphatic heterocycles. The van der Waals surface area contributed by atoms with Crippen molar-refractivity contribution in [1.82, 2.24) is 9.55 Å². The molecule has 23 heavy (non-hydrogen) atoms. The molecular weight excluding hydrogens is 324 g/mol. The van der Waals surface area contributed by atoms with Crippen LogP contribution in [0.1, 0.15) is 30.2 Å². The third-order valence-corrected chi connectivity index (χ3v) is 6.49. The summed E-state index contributed by atoms with van der Waals surface area (Å²) in [4.78, 5) is 20.4. The van der Waals surface area contributed by atoms with Crippen molar-refractivity contribution in [3.05, 3.63) is 51.1 Å². The number of para-hydroxylation sites is 1. The summed E-state index contributed by atoms with van der Waals surface area (Å²) >= 11 is 3.38. The molecule has 0 saturated heterocycles. The highest BCUT2D eigenvalue weighted by Crippen LogP contribution is 2.36. The molecule has 1 aliphatic carbocycles. The van der Waals surface area contributed by atoms with Gasteiger partial charge in [-0.25, -0.2) is 4.98 Å². The van der Waals surface area contributed by atoms with Crippen molar-refractivity contribution in [3.63, 3.8) is 0 Å². The summed E-state index contributed by atoms with van der Waals surface area (Å²) in [5, 5.41) is 1.67. The zero-order valence-corrected chi connectivity index (χ0v) is 14.7. The van der Waals surface area contributed by atoms with Crippen molar-refractivity contribution in [2.75, 3.05) is 5.75 Å². The number of benzene rings is 1. The maximum Gasteiger partial charge on any atom is 0.267 e. The quantitative estimate of drug-likeness (QED) is 0.519. The zero-order valence-electron chi connectivity index (χ0n) is 13.0. The van der Waals surface area contributed by atoms with E-state index in [9.17, 15) is 4.79 Å².